The molecular weight excluding hydrogens is 288 g/mol. The minimum absolute atomic E-state index is 0.203. The Morgan fingerprint density at radius 1 is 1.05 bits per heavy atom. The van der Waals surface area contributed by atoms with Gasteiger partial charge in [0.2, 0.25) is 0 Å². The van der Waals surface area contributed by atoms with Gasteiger partial charge in [-0.2, -0.15) is 0 Å². The third kappa shape index (κ3) is 3.03. The normalized spacial score (nSPS) is 43.4. The van der Waals surface area contributed by atoms with Gasteiger partial charge >= 0.3 is 0 Å². The smallest absolute Gasteiger partial charge is 0.191 e. The zero-order chi connectivity index (χ0) is 16.1. The second-order valence-corrected chi connectivity index (χ2v) is 6.92. The lowest BCUT2D eigenvalue weighted by Gasteiger charge is -2.29. The molecule has 0 aromatic rings. The maximum absolute atomic E-state index is 6.06. The standard InChI is InChI=1S/C16H26O6/c1-7-9(2)18-12-11(10-8-17-15(3,4)20-10)19-14-13(12)21-16(5,6)22-14/h7,10-14H,8H2,1-6H3/b9-7+/t10-,11-,12+,13-,14-/m1/s1. The summed E-state index contributed by atoms with van der Waals surface area (Å²) in [5.41, 5.74) is 0. The summed E-state index contributed by atoms with van der Waals surface area (Å²) in [4.78, 5) is 0. The summed E-state index contributed by atoms with van der Waals surface area (Å²) >= 11 is 0. The van der Waals surface area contributed by atoms with Crippen LogP contribution in [-0.2, 0) is 28.4 Å². The maximum Gasteiger partial charge on any atom is 0.191 e. The van der Waals surface area contributed by atoms with Gasteiger partial charge in [-0.1, -0.05) is 0 Å². The maximum atomic E-state index is 6.06. The molecule has 6 heteroatoms. The van der Waals surface area contributed by atoms with E-state index >= 15 is 0 Å². The molecular formula is C16H26O6. The zero-order valence-electron chi connectivity index (χ0n) is 14.1. The van der Waals surface area contributed by atoms with Crippen LogP contribution in [-0.4, -0.2) is 48.9 Å². The monoisotopic (exact) mass is 314 g/mol. The van der Waals surface area contributed by atoms with Crippen molar-refractivity contribution in [2.45, 2.75) is 83.8 Å². The van der Waals surface area contributed by atoms with E-state index in [1.807, 2.05) is 47.6 Å². The predicted octanol–water partition coefficient (Wildman–Crippen LogP) is 2.32. The molecule has 0 saturated carbocycles. The van der Waals surface area contributed by atoms with Crippen molar-refractivity contribution < 1.29 is 28.4 Å². The van der Waals surface area contributed by atoms with Crippen LogP contribution in [0, 0.1) is 0 Å². The van der Waals surface area contributed by atoms with Crippen LogP contribution in [0.25, 0.3) is 0 Å². The van der Waals surface area contributed by atoms with E-state index in [4.69, 9.17) is 28.4 Å². The van der Waals surface area contributed by atoms with E-state index < -0.39 is 17.9 Å². The number of hydrogen-bond acceptors (Lipinski definition) is 6. The van der Waals surface area contributed by atoms with Gasteiger partial charge in [0.15, 0.2) is 30.1 Å². The number of allylic oxidation sites excluding steroid dienone is 2. The molecule has 3 saturated heterocycles. The molecule has 0 amide bonds. The minimum atomic E-state index is -0.669. The Bertz CT molecular complexity index is 458. The fraction of sp³-hybridized carbons (Fsp3) is 0.875. The molecule has 6 nitrogen and oxygen atoms in total. The number of hydrogen-bond donors (Lipinski definition) is 0. The van der Waals surface area contributed by atoms with Crippen LogP contribution in [0.3, 0.4) is 0 Å². The molecule has 3 aliphatic heterocycles. The lowest BCUT2D eigenvalue weighted by atomic mass is 10.1. The Hall–Kier alpha value is -0.660. The molecule has 0 aromatic carbocycles. The van der Waals surface area contributed by atoms with Gasteiger partial charge < -0.3 is 28.4 Å². The van der Waals surface area contributed by atoms with Gasteiger partial charge in [-0.3, -0.25) is 0 Å². The molecule has 3 aliphatic rings. The van der Waals surface area contributed by atoms with Gasteiger partial charge in [0.1, 0.15) is 12.2 Å². The Kier molecular flexibility index (Phi) is 4.02. The zero-order valence-corrected chi connectivity index (χ0v) is 14.1. The Labute approximate surface area is 131 Å². The van der Waals surface area contributed by atoms with Crippen LogP contribution < -0.4 is 0 Å². The summed E-state index contributed by atoms with van der Waals surface area (Å²) < 4.78 is 35.5. The van der Waals surface area contributed by atoms with E-state index in [9.17, 15) is 0 Å². The van der Waals surface area contributed by atoms with E-state index in [2.05, 4.69) is 0 Å². The van der Waals surface area contributed by atoms with Crippen molar-refractivity contribution in [3.8, 4) is 0 Å². The first kappa shape index (κ1) is 16.2. The molecule has 0 aromatic heterocycles. The van der Waals surface area contributed by atoms with Crippen molar-refractivity contribution in [3.05, 3.63) is 11.8 Å². The van der Waals surface area contributed by atoms with Crippen LogP contribution in [0.2, 0.25) is 0 Å². The van der Waals surface area contributed by atoms with Crippen molar-refractivity contribution in [1.82, 2.24) is 0 Å². The highest BCUT2D eigenvalue weighted by Crippen LogP contribution is 2.42. The van der Waals surface area contributed by atoms with Crippen molar-refractivity contribution in [1.29, 1.82) is 0 Å². The van der Waals surface area contributed by atoms with Crippen molar-refractivity contribution in [2.24, 2.45) is 0 Å². The fourth-order valence-electron chi connectivity index (χ4n) is 3.10. The van der Waals surface area contributed by atoms with E-state index in [0.29, 0.717) is 6.61 Å². The predicted molar refractivity (Wildman–Crippen MR) is 77.9 cm³/mol. The molecule has 0 bridgehead atoms. The first-order valence-electron chi connectivity index (χ1n) is 7.83. The van der Waals surface area contributed by atoms with Gasteiger partial charge in [-0.25, -0.2) is 0 Å². The Morgan fingerprint density at radius 2 is 1.77 bits per heavy atom. The quantitative estimate of drug-likeness (QED) is 0.745. The van der Waals surface area contributed by atoms with Gasteiger partial charge in [0, 0.05) is 0 Å². The van der Waals surface area contributed by atoms with Crippen LogP contribution in [0.5, 0.6) is 0 Å². The van der Waals surface area contributed by atoms with Crippen molar-refractivity contribution >= 4 is 0 Å². The Balaban J connectivity index is 1.78. The summed E-state index contributed by atoms with van der Waals surface area (Å²) in [7, 11) is 0. The van der Waals surface area contributed by atoms with Crippen LogP contribution >= 0.6 is 0 Å². The average molecular weight is 314 g/mol. The summed E-state index contributed by atoms with van der Waals surface area (Å²) in [6, 6.07) is 0. The highest BCUT2D eigenvalue weighted by Gasteiger charge is 2.59. The van der Waals surface area contributed by atoms with E-state index in [1.54, 1.807) is 0 Å². The average Bonchev–Trinajstić information content (AvgIpc) is 3.01. The third-order valence-electron chi connectivity index (χ3n) is 4.15. The fourth-order valence-corrected chi connectivity index (χ4v) is 3.10. The first-order valence-corrected chi connectivity index (χ1v) is 7.83. The molecule has 0 unspecified atom stereocenters. The molecule has 126 valence electrons. The second kappa shape index (κ2) is 5.46. The molecule has 0 N–H and O–H groups in total. The number of rotatable bonds is 3. The molecule has 3 fully saturated rings. The van der Waals surface area contributed by atoms with Gasteiger partial charge in [-0.15, -0.1) is 0 Å². The Morgan fingerprint density at radius 3 is 2.36 bits per heavy atom. The molecule has 3 heterocycles. The van der Waals surface area contributed by atoms with Gasteiger partial charge in [-0.05, 0) is 47.6 Å². The van der Waals surface area contributed by atoms with E-state index in [-0.39, 0.29) is 24.4 Å². The lowest BCUT2D eigenvalue weighted by molar-refractivity contribution is -0.233. The molecule has 0 aliphatic carbocycles. The van der Waals surface area contributed by atoms with E-state index in [0.717, 1.165) is 5.76 Å². The highest BCUT2D eigenvalue weighted by molar-refractivity contribution is 5.01. The first-order chi connectivity index (χ1) is 10.2. The summed E-state index contributed by atoms with van der Waals surface area (Å²) in [5.74, 6) is -0.448. The summed E-state index contributed by atoms with van der Waals surface area (Å²) in [6.07, 6.45) is 0.421. The molecule has 22 heavy (non-hydrogen) atoms. The lowest BCUT2D eigenvalue weighted by Crippen LogP contribution is -2.44. The van der Waals surface area contributed by atoms with Crippen LogP contribution in [0.4, 0.5) is 0 Å². The van der Waals surface area contributed by atoms with Crippen molar-refractivity contribution in [3.63, 3.8) is 0 Å². The third-order valence-corrected chi connectivity index (χ3v) is 4.15. The second-order valence-electron chi connectivity index (χ2n) is 6.92. The van der Waals surface area contributed by atoms with Crippen LogP contribution in [0.1, 0.15) is 41.5 Å². The highest BCUT2D eigenvalue weighted by atomic mass is 16.8. The van der Waals surface area contributed by atoms with Crippen molar-refractivity contribution in [2.75, 3.05) is 6.61 Å². The molecule has 0 spiro atoms. The summed E-state index contributed by atoms with van der Waals surface area (Å²) in [5, 5.41) is 0. The number of ether oxygens (including phenoxy) is 6. The molecule has 0 radical (unpaired) electrons. The van der Waals surface area contributed by atoms with Gasteiger partial charge in [0.05, 0.1) is 12.4 Å². The molecule has 5 atom stereocenters. The van der Waals surface area contributed by atoms with E-state index in [1.165, 1.54) is 0 Å². The topological polar surface area (TPSA) is 55.4 Å². The summed E-state index contributed by atoms with van der Waals surface area (Å²) in [6.45, 7) is 11.9. The van der Waals surface area contributed by atoms with Gasteiger partial charge in [0.25, 0.3) is 0 Å². The minimum Gasteiger partial charge on any atom is -0.490 e. The largest absolute Gasteiger partial charge is 0.490 e. The SMILES string of the molecule is C/C=C(\C)O[C@@H]1[C@H]2OC(C)(C)O[C@H]2O[C@@H]1[C@H]1COC(C)(C)O1. The number of fused-ring (bicyclic) bond motifs is 1. The molecule has 3 rings (SSSR count). The van der Waals surface area contributed by atoms with Crippen LogP contribution in [0.15, 0.2) is 11.8 Å².